The van der Waals surface area contributed by atoms with Gasteiger partial charge in [0.1, 0.15) is 5.78 Å². The van der Waals surface area contributed by atoms with Gasteiger partial charge in [0.2, 0.25) is 0 Å². The fraction of sp³-hybridized carbons (Fsp3) is 0.667. The first kappa shape index (κ1) is 3.67. The second-order valence-electron chi connectivity index (χ2n) is 0.908. The normalized spacial score (nSPS) is 6.50. The number of hydrogen-bond donors (Lipinski definition) is 0. The summed E-state index contributed by atoms with van der Waals surface area (Å²) >= 11 is 0. The van der Waals surface area contributed by atoms with Crippen molar-refractivity contribution in [1.29, 1.82) is 0 Å². The molecule has 1 heteroatoms. The molecule has 0 rings (SSSR count). The van der Waals surface area contributed by atoms with Gasteiger partial charge in [-0.25, -0.2) is 0 Å². The monoisotopic (exact) mass is 58.0 g/mol. The molecule has 0 aliphatic heterocycles. The number of rotatable bonds is 0. The van der Waals surface area contributed by atoms with Gasteiger partial charge < -0.3 is 4.79 Å². The molecular formula is C3H6O. The van der Waals surface area contributed by atoms with Gasteiger partial charge in [-0.05, 0) is 13.8 Å². The molecule has 0 saturated carbocycles. The molecule has 1 nitrogen and oxygen atoms in total. The fourth-order valence-corrected chi connectivity index (χ4v) is 0. The molecule has 0 aromatic heterocycles. The van der Waals surface area contributed by atoms with Crippen molar-refractivity contribution >= 4 is 5.78 Å². The van der Waals surface area contributed by atoms with E-state index in [-0.39, 0.29) is 5.78 Å². The molecule has 0 N–H and O–H groups in total. The average molecular weight is 58.1 g/mol. The third kappa shape index (κ3) is 6.88. The van der Waals surface area contributed by atoms with E-state index in [0.717, 1.165) is 0 Å². The molecule has 0 amide bonds. The highest BCUT2D eigenvalue weighted by molar-refractivity contribution is 5.72. The summed E-state index contributed by atoms with van der Waals surface area (Å²) in [5, 5.41) is 0. The van der Waals surface area contributed by atoms with E-state index in [1.807, 2.05) is 0 Å². The number of carbonyl (C=O) groups excluding carboxylic acids is 1. The van der Waals surface area contributed by atoms with Crippen LogP contribution >= 0.6 is 0 Å². The largest absolute Gasteiger partial charge is 0.300 e. The second kappa shape index (κ2) is 1.04. The molecule has 24 valence electrons. The number of carbonyl (C=O) groups is 1. The number of Topliss-reactive ketones (excluding diaryl/α,β-unsaturated/α-hetero) is 1. The van der Waals surface area contributed by atoms with Crippen molar-refractivity contribution in [3.63, 3.8) is 0 Å². The van der Waals surface area contributed by atoms with Crippen LogP contribution in [0.2, 0.25) is 0 Å². The number of ketones is 1. The summed E-state index contributed by atoms with van der Waals surface area (Å²) in [4.78, 5) is 9.44. The first-order valence-electron chi connectivity index (χ1n) is 1.20. The predicted molar refractivity (Wildman–Crippen MR) is 16.4 cm³/mol. The SMILES string of the molecule is CC(C)=[16O]. The van der Waals surface area contributed by atoms with Crippen molar-refractivity contribution in [1.82, 2.24) is 0 Å². The molecule has 0 aromatic rings. The molecule has 0 heterocycles. The molecule has 0 aromatic carbocycles. The zero-order valence-corrected chi connectivity index (χ0v) is 2.91. The highest BCUT2D eigenvalue weighted by atomic mass is 16.1. The maximum Gasteiger partial charge on any atom is 0.126 e. The van der Waals surface area contributed by atoms with Gasteiger partial charge in [0, 0.05) is 0 Å². The van der Waals surface area contributed by atoms with E-state index in [0.29, 0.717) is 0 Å². The van der Waals surface area contributed by atoms with E-state index >= 15 is 0 Å². The molecule has 0 unspecified atom stereocenters. The van der Waals surface area contributed by atoms with E-state index in [1.54, 1.807) is 0 Å². The van der Waals surface area contributed by atoms with Crippen LogP contribution in [0.1, 0.15) is 13.8 Å². The Kier molecular flexibility index (Phi) is 0.958. The standard InChI is InChI=1S/C3H6O/c1-3(2)4/h1-2H3/i4+0. The molecular weight excluding hydrogens is 52.0 g/mol. The maximum absolute atomic E-state index is 9.44. The summed E-state index contributed by atoms with van der Waals surface area (Å²) in [6, 6.07) is 0. The van der Waals surface area contributed by atoms with Crippen LogP contribution in [0.4, 0.5) is 0 Å². The Labute approximate surface area is 25.6 Å². The summed E-state index contributed by atoms with van der Waals surface area (Å²) in [7, 11) is 0. The summed E-state index contributed by atoms with van der Waals surface area (Å²) in [5.74, 6) is 0.167. The van der Waals surface area contributed by atoms with Gasteiger partial charge in [-0.1, -0.05) is 0 Å². The van der Waals surface area contributed by atoms with E-state index < -0.39 is 0 Å². The van der Waals surface area contributed by atoms with Gasteiger partial charge in [-0.2, -0.15) is 0 Å². The molecule has 0 aliphatic rings. The van der Waals surface area contributed by atoms with Crippen LogP contribution in [0, 0.1) is 0 Å². The Morgan fingerprint density at radius 1 is 1.50 bits per heavy atom. The topological polar surface area (TPSA) is 17.1 Å². The zero-order valence-electron chi connectivity index (χ0n) is 2.91. The van der Waals surface area contributed by atoms with Crippen LogP contribution in [0.15, 0.2) is 0 Å². The quantitative estimate of drug-likeness (QED) is 0.398. The number of hydrogen-bond acceptors (Lipinski definition) is 1. The van der Waals surface area contributed by atoms with E-state index in [2.05, 4.69) is 0 Å². The molecule has 4 heavy (non-hydrogen) atoms. The van der Waals surface area contributed by atoms with Crippen molar-refractivity contribution in [3.8, 4) is 0 Å². The summed E-state index contributed by atoms with van der Waals surface area (Å²) in [5.41, 5.74) is 0. The molecule has 0 aliphatic carbocycles. The molecule has 0 saturated heterocycles. The van der Waals surface area contributed by atoms with Crippen molar-refractivity contribution < 1.29 is 4.79 Å². The van der Waals surface area contributed by atoms with Crippen molar-refractivity contribution in [3.05, 3.63) is 0 Å². The van der Waals surface area contributed by atoms with E-state index in [4.69, 9.17) is 0 Å². The van der Waals surface area contributed by atoms with Crippen LogP contribution in [0.25, 0.3) is 0 Å². The van der Waals surface area contributed by atoms with Gasteiger partial charge in [-0.3, -0.25) is 0 Å². The van der Waals surface area contributed by atoms with Crippen LogP contribution in [0.5, 0.6) is 0 Å². The summed E-state index contributed by atoms with van der Waals surface area (Å²) in [6.45, 7) is 3.06. The van der Waals surface area contributed by atoms with Crippen molar-refractivity contribution in [2.75, 3.05) is 0 Å². The van der Waals surface area contributed by atoms with Crippen molar-refractivity contribution in [2.45, 2.75) is 13.8 Å². The highest BCUT2D eigenvalue weighted by Gasteiger charge is 1.62. The summed E-state index contributed by atoms with van der Waals surface area (Å²) < 4.78 is 0. The van der Waals surface area contributed by atoms with E-state index in [1.165, 1.54) is 13.8 Å². The minimum Gasteiger partial charge on any atom is -0.300 e. The van der Waals surface area contributed by atoms with Crippen LogP contribution < -0.4 is 0 Å². The molecule has 0 radical (unpaired) electrons. The lowest BCUT2D eigenvalue weighted by molar-refractivity contribution is -0.114. The molecule has 0 atom stereocenters. The summed E-state index contributed by atoms with van der Waals surface area (Å²) in [6.07, 6.45) is 0. The van der Waals surface area contributed by atoms with Crippen LogP contribution in [0.3, 0.4) is 0 Å². The first-order chi connectivity index (χ1) is 1.73. The van der Waals surface area contributed by atoms with Crippen LogP contribution in [-0.4, -0.2) is 5.78 Å². The van der Waals surface area contributed by atoms with Gasteiger partial charge in [0.15, 0.2) is 0 Å². The van der Waals surface area contributed by atoms with E-state index in [9.17, 15) is 4.79 Å². The minimum absolute atomic E-state index is 0.167. The Morgan fingerprint density at radius 3 is 1.50 bits per heavy atom. The highest BCUT2D eigenvalue weighted by Crippen LogP contribution is 1.50. The predicted octanol–water partition coefficient (Wildman–Crippen LogP) is 0.595. The Morgan fingerprint density at radius 2 is 1.50 bits per heavy atom. The first-order valence-corrected chi connectivity index (χ1v) is 1.20. The van der Waals surface area contributed by atoms with Crippen molar-refractivity contribution in [2.24, 2.45) is 0 Å². The van der Waals surface area contributed by atoms with Gasteiger partial charge in [-0.15, -0.1) is 0 Å². The van der Waals surface area contributed by atoms with Gasteiger partial charge >= 0.3 is 0 Å². The molecule has 0 spiro atoms. The molecule has 0 bridgehead atoms. The third-order valence-electron chi connectivity index (χ3n) is 0. The lowest BCUT2D eigenvalue weighted by Gasteiger charge is -1.56. The second-order valence-corrected chi connectivity index (χ2v) is 0.908. The average Bonchev–Trinajstić information content (AvgIpc) is 0.811. The lowest BCUT2D eigenvalue weighted by Crippen LogP contribution is -1.69. The zero-order chi connectivity index (χ0) is 3.58. The lowest BCUT2D eigenvalue weighted by atomic mass is 10.6. The Hall–Kier alpha value is -0.330. The smallest absolute Gasteiger partial charge is 0.126 e. The van der Waals surface area contributed by atoms with Crippen LogP contribution in [-0.2, 0) is 4.79 Å². The Bertz CT molecular complexity index is 26.3. The Balaban J connectivity index is 2.80. The minimum atomic E-state index is 0.167. The third-order valence-corrected chi connectivity index (χ3v) is 0. The van der Waals surface area contributed by atoms with Gasteiger partial charge in [0.25, 0.3) is 0 Å². The fourth-order valence-electron chi connectivity index (χ4n) is 0. The molecule has 0 fully saturated rings. The van der Waals surface area contributed by atoms with Gasteiger partial charge in [0.05, 0.1) is 0 Å². The maximum atomic E-state index is 9.44.